The molecular weight excluding hydrogens is 326 g/mol. The van der Waals surface area contributed by atoms with E-state index in [1.165, 1.54) is 0 Å². The molecule has 0 aromatic heterocycles. The van der Waals surface area contributed by atoms with Crippen LogP contribution in [0.4, 0.5) is 5.69 Å². The largest absolute Gasteiger partial charge is 0.398 e. The lowest BCUT2D eigenvalue weighted by Gasteiger charge is -2.19. The summed E-state index contributed by atoms with van der Waals surface area (Å²) < 4.78 is 0.956. The number of para-hydroxylation sites is 1. The van der Waals surface area contributed by atoms with Crippen molar-refractivity contribution in [1.82, 2.24) is 5.43 Å². The van der Waals surface area contributed by atoms with Crippen LogP contribution in [0.2, 0.25) is 5.02 Å². The summed E-state index contributed by atoms with van der Waals surface area (Å²) in [6, 6.07) is 13.4. The van der Waals surface area contributed by atoms with Gasteiger partial charge in [-0.1, -0.05) is 51.8 Å². The van der Waals surface area contributed by atoms with Crippen molar-refractivity contribution in [3.8, 4) is 0 Å². The van der Waals surface area contributed by atoms with Gasteiger partial charge in [-0.15, -0.1) is 0 Å². The number of halogens is 2. The van der Waals surface area contributed by atoms with Crippen molar-refractivity contribution in [1.29, 1.82) is 0 Å². The molecule has 0 fully saturated rings. The van der Waals surface area contributed by atoms with Gasteiger partial charge in [0.1, 0.15) is 0 Å². The van der Waals surface area contributed by atoms with E-state index >= 15 is 0 Å². The Kier molecular flexibility index (Phi) is 4.82. The van der Waals surface area contributed by atoms with E-state index in [-0.39, 0.29) is 6.04 Å². The summed E-state index contributed by atoms with van der Waals surface area (Å²) in [7, 11) is 0. The second kappa shape index (κ2) is 6.39. The second-order valence-corrected chi connectivity index (χ2v) is 5.61. The van der Waals surface area contributed by atoms with Crippen LogP contribution in [-0.2, 0) is 6.42 Å². The van der Waals surface area contributed by atoms with E-state index in [1.54, 1.807) is 0 Å². The van der Waals surface area contributed by atoms with Crippen molar-refractivity contribution in [2.24, 2.45) is 5.84 Å². The quantitative estimate of drug-likeness (QED) is 0.454. The summed E-state index contributed by atoms with van der Waals surface area (Å²) in [5.41, 5.74) is 11.5. The van der Waals surface area contributed by atoms with Gasteiger partial charge in [0.05, 0.1) is 6.04 Å². The number of nitrogen functional groups attached to an aromatic ring is 1. The molecule has 0 amide bonds. The van der Waals surface area contributed by atoms with Gasteiger partial charge in [0.15, 0.2) is 0 Å². The average Bonchev–Trinajstić information content (AvgIpc) is 2.39. The Morgan fingerprint density at radius 1 is 1.21 bits per heavy atom. The number of anilines is 1. The van der Waals surface area contributed by atoms with Crippen molar-refractivity contribution in [2.75, 3.05) is 5.73 Å². The maximum absolute atomic E-state index is 6.23. The molecular formula is C14H15BrClN3. The third-order valence-corrected chi connectivity index (χ3v) is 3.86. The molecule has 0 saturated carbocycles. The van der Waals surface area contributed by atoms with Gasteiger partial charge in [-0.25, -0.2) is 0 Å². The van der Waals surface area contributed by atoms with E-state index in [9.17, 15) is 0 Å². The van der Waals surface area contributed by atoms with Crippen LogP contribution in [0.3, 0.4) is 0 Å². The van der Waals surface area contributed by atoms with Crippen molar-refractivity contribution in [2.45, 2.75) is 12.5 Å². The first kappa shape index (κ1) is 14.3. The zero-order valence-electron chi connectivity index (χ0n) is 10.2. The van der Waals surface area contributed by atoms with Gasteiger partial charge in [-0.2, -0.15) is 0 Å². The number of hydrogen-bond donors (Lipinski definition) is 3. The number of benzene rings is 2. The maximum atomic E-state index is 6.23. The van der Waals surface area contributed by atoms with Gasteiger partial charge >= 0.3 is 0 Å². The van der Waals surface area contributed by atoms with E-state index in [0.717, 1.165) is 21.3 Å². The number of hydrazine groups is 1. The van der Waals surface area contributed by atoms with Crippen LogP contribution in [0, 0.1) is 0 Å². The van der Waals surface area contributed by atoms with Gasteiger partial charge in [0, 0.05) is 15.2 Å². The molecule has 0 radical (unpaired) electrons. The molecule has 0 aliphatic heterocycles. The van der Waals surface area contributed by atoms with Crippen LogP contribution in [0.5, 0.6) is 0 Å². The molecule has 1 unspecified atom stereocenters. The molecule has 0 aliphatic carbocycles. The van der Waals surface area contributed by atoms with Crippen molar-refractivity contribution >= 4 is 33.2 Å². The zero-order valence-corrected chi connectivity index (χ0v) is 12.6. The Morgan fingerprint density at radius 2 is 1.95 bits per heavy atom. The SMILES string of the molecule is NNC(Cc1ccc(Br)cc1Cl)c1ccccc1N. The van der Waals surface area contributed by atoms with Crippen LogP contribution < -0.4 is 17.0 Å². The molecule has 0 heterocycles. The van der Waals surface area contributed by atoms with Gasteiger partial charge in [-0.05, 0) is 35.7 Å². The van der Waals surface area contributed by atoms with Gasteiger partial charge < -0.3 is 5.73 Å². The highest BCUT2D eigenvalue weighted by atomic mass is 79.9. The van der Waals surface area contributed by atoms with E-state index in [4.69, 9.17) is 23.2 Å². The van der Waals surface area contributed by atoms with E-state index in [0.29, 0.717) is 11.4 Å². The lowest BCUT2D eigenvalue weighted by Crippen LogP contribution is -2.30. The topological polar surface area (TPSA) is 64.1 Å². The molecule has 0 bridgehead atoms. The molecule has 19 heavy (non-hydrogen) atoms. The molecule has 100 valence electrons. The van der Waals surface area contributed by atoms with Crippen LogP contribution >= 0.6 is 27.5 Å². The fourth-order valence-corrected chi connectivity index (χ4v) is 2.74. The first-order chi connectivity index (χ1) is 9.11. The summed E-state index contributed by atoms with van der Waals surface area (Å²) >= 11 is 9.62. The standard InChI is InChI=1S/C14H15BrClN3/c15-10-6-5-9(12(16)8-10)7-14(19-18)11-3-1-2-4-13(11)17/h1-6,8,14,19H,7,17-18H2. The second-order valence-electron chi connectivity index (χ2n) is 4.29. The zero-order chi connectivity index (χ0) is 13.8. The molecule has 2 aromatic rings. The third-order valence-electron chi connectivity index (χ3n) is 3.01. The third kappa shape index (κ3) is 3.48. The number of nitrogens with two attached hydrogens (primary N) is 2. The Bertz CT molecular complexity index is 574. The van der Waals surface area contributed by atoms with Gasteiger partial charge in [0.2, 0.25) is 0 Å². The van der Waals surface area contributed by atoms with Crippen LogP contribution in [0.15, 0.2) is 46.9 Å². The first-order valence-electron chi connectivity index (χ1n) is 5.86. The molecule has 0 aliphatic rings. The average molecular weight is 341 g/mol. The summed E-state index contributed by atoms with van der Waals surface area (Å²) in [5, 5.41) is 0.712. The number of hydrogen-bond acceptors (Lipinski definition) is 3. The molecule has 5 heteroatoms. The van der Waals surface area contributed by atoms with Crippen LogP contribution in [-0.4, -0.2) is 0 Å². The monoisotopic (exact) mass is 339 g/mol. The fraction of sp³-hybridized carbons (Fsp3) is 0.143. The lowest BCUT2D eigenvalue weighted by molar-refractivity contribution is 0.553. The molecule has 3 nitrogen and oxygen atoms in total. The normalized spacial score (nSPS) is 12.4. The fourth-order valence-electron chi connectivity index (χ4n) is 1.99. The number of nitrogens with one attached hydrogen (secondary N) is 1. The molecule has 1 atom stereocenters. The van der Waals surface area contributed by atoms with E-state index < -0.39 is 0 Å². The Balaban J connectivity index is 2.27. The summed E-state index contributed by atoms with van der Waals surface area (Å²) in [4.78, 5) is 0. The highest BCUT2D eigenvalue weighted by Crippen LogP contribution is 2.28. The van der Waals surface area contributed by atoms with Gasteiger partial charge in [-0.3, -0.25) is 11.3 Å². The highest BCUT2D eigenvalue weighted by molar-refractivity contribution is 9.10. The highest BCUT2D eigenvalue weighted by Gasteiger charge is 2.14. The summed E-state index contributed by atoms with van der Waals surface area (Å²) in [5.74, 6) is 5.64. The predicted octanol–water partition coefficient (Wildman–Crippen LogP) is 3.43. The first-order valence-corrected chi connectivity index (χ1v) is 7.03. The summed E-state index contributed by atoms with van der Waals surface area (Å²) in [6.07, 6.45) is 0.677. The van der Waals surface area contributed by atoms with Crippen LogP contribution in [0.1, 0.15) is 17.2 Å². The minimum absolute atomic E-state index is 0.0696. The van der Waals surface area contributed by atoms with Crippen molar-refractivity contribution < 1.29 is 0 Å². The Morgan fingerprint density at radius 3 is 2.58 bits per heavy atom. The number of rotatable bonds is 4. The van der Waals surface area contributed by atoms with Crippen LogP contribution in [0.25, 0.3) is 0 Å². The molecule has 2 rings (SSSR count). The molecule has 0 saturated heterocycles. The van der Waals surface area contributed by atoms with Crippen molar-refractivity contribution in [3.63, 3.8) is 0 Å². The maximum Gasteiger partial charge on any atom is 0.0521 e. The van der Waals surface area contributed by atoms with E-state index in [1.807, 2.05) is 42.5 Å². The lowest BCUT2D eigenvalue weighted by atomic mass is 9.98. The van der Waals surface area contributed by atoms with E-state index in [2.05, 4.69) is 21.4 Å². The van der Waals surface area contributed by atoms with Gasteiger partial charge in [0.25, 0.3) is 0 Å². The molecule has 2 aromatic carbocycles. The minimum atomic E-state index is -0.0696. The molecule has 5 N–H and O–H groups in total. The minimum Gasteiger partial charge on any atom is -0.398 e. The summed E-state index contributed by atoms with van der Waals surface area (Å²) in [6.45, 7) is 0. The Labute approximate surface area is 126 Å². The Hall–Kier alpha value is -1.07. The smallest absolute Gasteiger partial charge is 0.0521 e. The molecule has 0 spiro atoms. The van der Waals surface area contributed by atoms with Crippen molar-refractivity contribution in [3.05, 3.63) is 63.1 Å². The predicted molar refractivity (Wildman–Crippen MR) is 83.8 cm³/mol.